The van der Waals surface area contributed by atoms with Crippen molar-refractivity contribution in [3.05, 3.63) is 53.4 Å². The van der Waals surface area contributed by atoms with Crippen LogP contribution in [-0.4, -0.2) is 63.5 Å². The van der Waals surface area contributed by atoms with E-state index in [-0.39, 0.29) is 17.2 Å². The normalized spacial score (nSPS) is 26.8. The fourth-order valence-corrected chi connectivity index (χ4v) is 8.09. The molecular weight excluding hydrogens is 605 g/mol. The van der Waals surface area contributed by atoms with E-state index in [4.69, 9.17) is 23.5 Å². The second kappa shape index (κ2) is 10.5. The number of aromatic nitrogens is 2. The molecule has 0 aromatic carbocycles. The van der Waals surface area contributed by atoms with Crippen molar-refractivity contribution < 1.29 is 31.1 Å². The van der Waals surface area contributed by atoms with Gasteiger partial charge in [-0.2, -0.15) is 8.42 Å². The zero-order chi connectivity index (χ0) is 32.6. The van der Waals surface area contributed by atoms with Crippen molar-refractivity contribution in [3.8, 4) is 0 Å². The smallest absolute Gasteiger partial charge is 0.407 e. The number of hydrogen-bond donors (Lipinski definition) is 1. The second-order valence-corrected chi connectivity index (χ2v) is 25.1. The summed E-state index contributed by atoms with van der Waals surface area (Å²) in [4.78, 5) is 36.9. The van der Waals surface area contributed by atoms with Gasteiger partial charge in [0.1, 0.15) is 17.9 Å². The van der Waals surface area contributed by atoms with Crippen LogP contribution in [0.3, 0.4) is 0 Å². The largest absolute Gasteiger partial charge is 0.414 e. The molecule has 2 aliphatic rings. The molecule has 238 valence electrons. The first-order valence-electron chi connectivity index (χ1n) is 13.6. The van der Waals surface area contributed by atoms with Crippen LogP contribution in [0.5, 0.6) is 0 Å². The minimum Gasteiger partial charge on any atom is -0.414 e. The monoisotopic (exact) mass is 648 g/mol. The van der Waals surface area contributed by atoms with E-state index in [1.165, 1.54) is 20.2 Å². The molecule has 3 rings (SSSR count). The molecule has 42 heavy (non-hydrogen) atoms. The van der Waals surface area contributed by atoms with Crippen LogP contribution in [0, 0.1) is 17.0 Å². The number of nitro groups is 1. The Kier molecular flexibility index (Phi) is 8.57. The molecule has 0 radical (unpaired) electrons. The van der Waals surface area contributed by atoms with Crippen molar-refractivity contribution in [2.24, 2.45) is 12.8 Å². The number of aryl methyl sites for hydroxylation is 1. The summed E-state index contributed by atoms with van der Waals surface area (Å²) in [6.45, 7) is 20.9. The lowest BCUT2D eigenvalue weighted by molar-refractivity contribution is -0.412. The van der Waals surface area contributed by atoms with Crippen molar-refractivity contribution in [2.45, 2.75) is 109 Å². The lowest BCUT2D eigenvalue weighted by Crippen LogP contribution is -2.59. The van der Waals surface area contributed by atoms with E-state index in [0.717, 1.165) is 9.13 Å². The van der Waals surface area contributed by atoms with E-state index in [1.807, 2.05) is 67.7 Å². The Morgan fingerprint density at radius 3 is 2.07 bits per heavy atom. The van der Waals surface area contributed by atoms with Crippen LogP contribution in [0.25, 0.3) is 0 Å². The van der Waals surface area contributed by atoms with Crippen molar-refractivity contribution in [1.29, 1.82) is 0 Å². The summed E-state index contributed by atoms with van der Waals surface area (Å²) in [7, 11) is -9.03. The van der Waals surface area contributed by atoms with E-state index in [1.54, 1.807) is 0 Å². The lowest BCUT2D eigenvalue weighted by Gasteiger charge is -2.43. The summed E-state index contributed by atoms with van der Waals surface area (Å²) in [6, 6.07) is 0. The predicted molar refractivity (Wildman–Crippen MR) is 161 cm³/mol. The molecular formula is C25H44N4O10SSi2. The first-order valence-corrected chi connectivity index (χ1v) is 20.8. The van der Waals surface area contributed by atoms with Gasteiger partial charge in [0, 0.05) is 18.8 Å². The van der Waals surface area contributed by atoms with Gasteiger partial charge in [0.05, 0.1) is 11.5 Å². The summed E-state index contributed by atoms with van der Waals surface area (Å²) >= 11 is 0. The van der Waals surface area contributed by atoms with E-state index in [9.17, 15) is 28.1 Å². The molecule has 1 saturated heterocycles. The van der Waals surface area contributed by atoms with E-state index >= 15 is 0 Å². The van der Waals surface area contributed by atoms with Crippen molar-refractivity contribution >= 4 is 26.8 Å². The van der Waals surface area contributed by atoms with Crippen LogP contribution < -0.4 is 17.0 Å². The highest BCUT2D eigenvalue weighted by Gasteiger charge is 2.71. The third kappa shape index (κ3) is 5.48. The fraction of sp³-hybridized carbons (Fsp3) is 0.760. The van der Waals surface area contributed by atoms with Crippen molar-refractivity contribution in [2.75, 3.05) is 6.61 Å². The molecule has 1 spiro atoms. The van der Waals surface area contributed by atoms with Crippen LogP contribution in [0.1, 0.15) is 53.3 Å². The molecule has 0 unspecified atom stereocenters. The van der Waals surface area contributed by atoms with Gasteiger partial charge in [0.2, 0.25) is 0 Å². The first kappa shape index (κ1) is 34.3. The molecule has 1 fully saturated rings. The minimum atomic E-state index is -4.98. The summed E-state index contributed by atoms with van der Waals surface area (Å²) in [5, 5.41) is 10.0. The highest BCUT2D eigenvalue weighted by Crippen LogP contribution is 2.53. The molecule has 17 heteroatoms. The Morgan fingerprint density at radius 2 is 1.62 bits per heavy atom. The van der Waals surface area contributed by atoms with Gasteiger partial charge in [-0.3, -0.25) is 24.0 Å². The van der Waals surface area contributed by atoms with Gasteiger partial charge in [-0.1, -0.05) is 41.5 Å². The summed E-state index contributed by atoms with van der Waals surface area (Å²) in [5.74, 6) is 0. The third-order valence-electron chi connectivity index (χ3n) is 9.15. The van der Waals surface area contributed by atoms with Gasteiger partial charge < -0.3 is 19.3 Å². The number of nitrogens with zero attached hydrogens (tertiary/aromatic N) is 3. The molecule has 0 amide bonds. The number of ether oxygens (including phenoxy) is 1. The van der Waals surface area contributed by atoms with Crippen molar-refractivity contribution in [3.63, 3.8) is 0 Å². The highest BCUT2D eigenvalue weighted by molar-refractivity contribution is 7.90. The molecule has 0 bridgehead atoms. The van der Waals surface area contributed by atoms with Crippen molar-refractivity contribution in [1.82, 2.24) is 9.13 Å². The maximum absolute atomic E-state index is 13.4. The second-order valence-electron chi connectivity index (χ2n) is 14.1. The van der Waals surface area contributed by atoms with Crippen LogP contribution in [0.15, 0.2) is 26.5 Å². The molecule has 0 aliphatic carbocycles. The van der Waals surface area contributed by atoms with E-state index in [2.05, 4.69) is 0 Å². The van der Waals surface area contributed by atoms with Gasteiger partial charge in [-0.15, -0.1) is 0 Å². The van der Waals surface area contributed by atoms with E-state index < -0.39 is 82.7 Å². The summed E-state index contributed by atoms with van der Waals surface area (Å²) < 4.78 is 53.6. The average Bonchev–Trinajstić information content (AvgIpc) is 3.21. The number of hydrogen-bond acceptors (Lipinski definition) is 11. The standard InChI is InChI=1S/C25H44N4O10SSi2/c1-15-13-28(22(31)27(8)19(15)30)20-18(38-42(11,12)24(5,6)7)25(17(26)21(29(32)33)40(34,35)39-25)16(37-20)14-36-41(9,10)23(2,3)4/h13,16,18,20H,14,26H2,1-12H3/t16-,18+,20-,25+/m1/s1. The third-order valence-corrected chi connectivity index (χ3v) is 19.4. The van der Waals surface area contributed by atoms with Gasteiger partial charge in [-0.25, -0.2) is 8.98 Å². The Labute approximate surface area is 248 Å². The maximum atomic E-state index is 13.4. The quantitative estimate of drug-likeness (QED) is 0.198. The maximum Gasteiger partial charge on any atom is 0.407 e. The highest BCUT2D eigenvalue weighted by atomic mass is 32.2. The molecule has 14 nitrogen and oxygen atoms in total. The SMILES string of the molecule is Cc1cn([C@@H]2O[C@H](CO[Si](C)(C)C(C)(C)C)[C@@]3(OS(=O)(=O)C([N+](=O)[O-])=C3N)[C@H]2O[Si](C)(C)C(C)(C)C)c(=O)n(C)c1=O. The van der Waals surface area contributed by atoms with Crippen LogP contribution >= 0.6 is 0 Å². The zero-order valence-corrected chi connectivity index (χ0v) is 29.2. The zero-order valence-electron chi connectivity index (χ0n) is 26.4. The Hall–Kier alpha value is -2.16. The number of nitrogens with two attached hydrogens (primary N) is 1. The molecule has 4 atom stereocenters. The average molecular weight is 649 g/mol. The van der Waals surface area contributed by atoms with Crippen LogP contribution in [0.4, 0.5) is 0 Å². The fourth-order valence-electron chi connectivity index (χ4n) is 4.46. The Balaban J connectivity index is 2.39. The number of rotatable bonds is 7. The predicted octanol–water partition coefficient (Wildman–Crippen LogP) is 2.67. The van der Waals surface area contributed by atoms with Crippen LogP contribution in [0.2, 0.25) is 36.3 Å². The van der Waals surface area contributed by atoms with Gasteiger partial charge in [0.15, 0.2) is 28.5 Å². The first-order chi connectivity index (χ1) is 18.7. The van der Waals surface area contributed by atoms with E-state index in [0.29, 0.717) is 0 Å². The van der Waals surface area contributed by atoms with Gasteiger partial charge >= 0.3 is 20.8 Å². The Morgan fingerprint density at radius 1 is 1.10 bits per heavy atom. The van der Waals surface area contributed by atoms with Crippen LogP contribution in [-0.2, 0) is 34.9 Å². The summed E-state index contributed by atoms with van der Waals surface area (Å²) in [5.41, 5.74) is 2.36. The summed E-state index contributed by atoms with van der Waals surface area (Å²) in [6.07, 6.45) is -2.89. The minimum absolute atomic E-state index is 0.205. The molecule has 2 aliphatic heterocycles. The molecule has 3 heterocycles. The van der Waals surface area contributed by atoms with Gasteiger partial charge in [-0.05, 0) is 43.2 Å². The Bertz CT molecular complexity index is 1540. The molecule has 0 saturated carbocycles. The molecule has 1 aromatic heterocycles. The molecule has 2 N–H and O–H groups in total. The molecule has 1 aromatic rings. The van der Waals surface area contributed by atoms with Gasteiger partial charge in [0.25, 0.3) is 5.56 Å². The topological polar surface area (TPSA) is 184 Å². The lowest BCUT2D eigenvalue weighted by atomic mass is 9.89.